The first-order chi connectivity index (χ1) is 11.6. The Morgan fingerprint density at radius 3 is 2.58 bits per heavy atom. The molecule has 1 amide bonds. The molecule has 0 atom stereocenters. The number of sulfonamides is 1. The summed E-state index contributed by atoms with van der Waals surface area (Å²) in [6.07, 6.45) is 0. The van der Waals surface area contributed by atoms with Gasteiger partial charge in [0, 0.05) is 44.6 Å². The standard InChI is InChI=1S/C15H19N3O3S3/c19-15(13-3-11-22-12-13)18-8-6-17(7-9-18)5-4-16-24(20,21)14-2-1-10-23-14/h1-3,10-12,16H,4-9H2. The molecule has 6 nitrogen and oxygen atoms in total. The molecular weight excluding hydrogens is 366 g/mol. The Hall–Kier alpha value is -1.26. The van der Waals surface area contributed by atoms with Crippen LogP contribution in [0.4, 0.5) is 0 Å². The number of carbonyl (C=O) groups excluding carboxylic acids is 1. The number of amides is 1. The van der Waals surface area contributed by atoms with Crippen molar-refractivity contribution in [1.29, 1.82) is 0 Å². The largest absolute Gasteiger partial charge is 0.336 e. The zero-order valence-corrected chi connectivity index (χ0v) is 15.5. The van der Waals surface area contributed by atoms with Crippen molar-refractivity contribution in [2.24, 2.45) is 0 Å². The molecule has 0 bridgehead atoms. The Kier molecular flexibility index (Phi) is 5.67. The second kappa shape index (κ2) is 7.75. The first-order valence-corrected chi connectivity index (χ1v) is 10.9. The Balaban J connectivity index is 1.42. The topological polar surface area (TPSA) is 69.7 Å². The minimum atomic E-state index is -3.39. The molecule has 9 heteroatoms. The molecule has 0 unspecified atom stereocenters. The molecule has 1 N–H and O–H groups in total. The molecule has 0 radical (unpaired) electrons. The molecular formula is C15H19N3O3S3. The molecule has 0 aromatic carbocycles. The van der Waals surface area contributed by atoms with Gasteiger partial charge in [-0.2, -0.15) is 11.3 Å². The lowest BCUT2D eigenvalue weighted by atomic mass is 10.2. The van der Waals surface area contributed by atoms with Crippen molar-refractivity contribution < 1.29 is 13.2 Å². The third kappa shape index (κ3) is 4.22. The fraction of sp³-hybridized carbons (Fsp3) is 0.400. The van der Waals surface area contributed by atoms with E-state index >= 15 is 0 Å². The maximum absolute atomic E-state index is 12.3. The lowest BCUT2D eigenvalue weighted by molar-refractivity contribution is 0.0640. The SMILES string of the molecule is O=C(c1ccsc1)N1CCN(CCNS(=O)(=O)c2cccs2)CC1. The predicted molar refractivity (Wildman–Crippen MR) is 96.2 cm³/mol. The van der Waals surface area contributed by atoms with E-state index in [0.29, 0.717) is 30.4 Å². The highest BCUT2D eigenvalue weighted by atomic mass is 32.2. The van der Waals surface area contributed by atoms with Gasteiger partial charge >= 0.3 is 0 Å². The van der Waals surface area contributed by atoms with E-state index in [1.165, 1.54) is 22.7 Å². The van der Waals surface area contributed by atoms with Crippen LogP contribution < -0.4 is 4.72 Å². The summed E-state index contributed by atoms with van der Waals surface area (Å²) < 4.78 is 27.0. The highest BCUT2D eigenvalue weighted by molar-refractivity contribution is 7.91. The molecule has 1 aliphatic rings. The van der Waals surface area contributed by atoms with Crippen LogP contribution in [0.15, 0.2) is 38.5 Å². The second-order valence-electron chi connectivity index (χ2n) is 5.48. The van der Waals surface area contributed by atoms with Gasteiger partial charge < -0.3 is 4.90 Å². The maximum Gasteiger partial charge on any atom is 0.254 e. The number of hydrogen-bond donors (Lipinski definition) is 1. The summed E-state index contributed by atoms with van der Waals surface area (Å²) in [5, 5.41) is 5.52. The summed E-state index contributed by atoms with van der Waals surface area (Å²) in [5.41, 5.74) is 0.747. The van der Waals surface area contributed by atoms with Crippen molar-refractivity contribution in [1.82, 2.24) is 14.5 Å². The van der Waals surface area contributed by atoms with Crippen LogP contribution in [0.5, 0.6) is 0 Å². The van der Waals surface area contributed by atoms with Crippen LogP contribution in [0.2, 0.25) is 0 Å². The Labute approximate surface area is 149 Å². The van der Waals surface area contributed by atoms with Gasteiger partial charge in [0.25, 0.3) is 5.91 Å². The monoisotopic (exact) mass is 385 g/mol. The molecule has 24 heavy (non-hydrogen) atoms. The Morgan fingerprint density at radius 2 is 1.96 bits per heavy atom. The molecule has 130 valence electrons. The van der Waals surface area contributed by atoms with Gasteiger partial charge in [0.2, 0.25) is 10.0 Å². The lowest BCUT2D eigenvalue weighted by Crippen LogP contribution is -2.50. The summed E-state index contributed by atoms with van der Waals surface area (Å²) in [7, 11) is -3.39. The fourth-order valence-electron chi connectivity index (χ4n) is 2.57. The molecule has 0 spiro atoms. The van der Waals surface area contributed by atoms with Crippen LogP contribution in [0, 0.1) is 0 Å². The average Bonchev–Trinajstić information content (AvgIpc) is 3.28. The summed E-state index contributed by atoms with van der Waals surface area (Å²) in [5.74, 6) is 0.0781. The Bertz CT molecular complexity index is 749. The van der Waals surface area contributed by atoms with Gasteiger partial charge in [0.15, 0.2) is 0 Å². The van der Waals surface area contributed by atoms with Crippen LogP contribution in [0.1, 0.15) is 10.4 Å². The summed E-state index contributed by atoms with van der Waals surface area (Å²) in [6, 6.07) is 5.17. The summed E-state index contributed by atoms with van der Waals surface area (Å²) in [4.78, 5) is 16.3. The van der Waals surface area contributed by atoms with Gasteiger partial charge in [0.05, 0.1) is 5.56 Å². The number of nitrogens with zero attached hydrogens (tertiary/aromatic N) is 2. The van der Waals surface area contributed by atoms with Crippen molar-refractivity contribution in [2.75, 3.05) is 39.3 Å². The van der Waals surface area contributed by atoms with Crippen LogP contribution >= 0.6 is 22.7 Å². The summed E-state index contributed by atoms with van der Waals surface area (Å²) in [6.45, 7) is 3.88. The van der Waals surface area contributed by atoms with Gasteiger partial charge in [-0.15, -0.1) is 11.3 Å². The van der Waals surface area contributed by atoms with Crippen molar-refractivity contribution in [3.63, 3.8) is 0 Å². The quantitative estimate of drug-likeness (QED) is 0.819. The average molecular weight is 386 g/mol. The molecule has 3 heterocycles. The third-order valence-corrected chi connectivity index (χ3v) is 7.45. The smallest absolute Gasteiger partial charge is 0.254 e. The normalized spacial score (nSPS) is 16.4. The maximum atomic E-state index is 12.3. The van der Waals surface area contributed by atoms with E-state index in [1.54, 1.807) is 17.5 Å². The second-order valence-corrected chi connectivity index (χ2v) is 9.20. The predicted octanol–water partition coefficient (Wildman–Crippen LogP) is 1.55. The molecule has 1 aliphatic heterocycles. The van der Waals surface area contributed by atoms with Crippen LogP contribution in [-0.4, -0.2) is 63.4 Å². The molecule has 1 fully saturated rings. The lowest BCUT2D eigenvalue weighted by Gasteiger charge is -2.34. The number of piperazine rings is 1. The highest BCUT2D eigenvalue weighted by Crippen LogP contribution is 2.15. The third-order valence-electron chi connectivity index (χ3n) is 3.91. The Morgan fingerprint density at radius 1 is 1.17 bits per heavy atom. The van der Waals surface area contributed by atoms with E-state index < -0.39 is 10.0 Å². The van der Waals surface area contributed by atoms with Gasteiger partial charge in [-0.05, 0) is 22.9 Å². The number of thiophene rings is 2. The minimum absolute atomic E-state index is 0.0781. The molecule has 1 saturated heterocycles. The molecule has 2 aromatic rings. The summed E-state index contributed by atoms with van der Waals surface area (Å²) >= 11 is 2.73. The van der Waals surface area contributed by atoms with E-state index in [1.807, 2.05) is 21.7 Å². The molecule has 3 rings (SSSR count). The molecule has 0 aliphatic carbocycles. The van der Waals surface area contributed by atoms with E-state index in [-0.39, 0.29) is 5.91 Å². The number of rotatable bonds is 6. The zero-order valence-electron chi connectivity index (χ0n) is 13.1. The number of carbonyl (C=O) groups is 1. The van der Waals surface area contributed by atoms with Crippen molar-refractivity contribution in [3.8, 4) is 0 Å². The van der Waals surface area contributed by atoms with E-state index in [0.717, 1.165) is 18.7 Å². The van der Waals surface area contributed by atoms with Gasteiger partial charge in [-0.25, -0.2) is 13.1 Å². The molecule has 0 saturated carbocycles. The first kappa shape index (κ1) is 17.6. The fourth-order valence-corrected chi connectivity index (χ4v) is 5.26. The zero-order chi connectivity index (χ0) is 17.0. The van der Waals surface area contributed by atoms with Crippen LogP contribution in [0.3, 0.4) is 0 Å². The number of hydrogen-bond acceptors (Lipinski definition) is 6. The van der Waals surface area contributed by atoms with Crippen molar-refractivity contribution in [2.45, 2.75) is 4.21 Å². The highest BCUT2D eigenvalue weighted by Gasteiger charge is 2.22. The van der Waals surface area contributed by atoms with Crippen LogP contribution in [-0.2, 0) is 10.0 Å². The van der Waals surface area contributed by atoms with Gasteiger partial charge in [-0.3, -0.25) is 9.69 Å². The van der Waals surface area contributed by atoms with E-state index in [4.69, 9.17) is 0 Å². The number of nitrogens with one attached hydrogen (secondary N) is 1. The van der Waals surface area contributed by atoms with Crippen LogP contribution in [0.25, 0.3) is 0 Å². The van der Waals surface area contributed by atoms with Crippen molar-refractivity contribution >= 4 is 38.6 Å². The first-order valence-electron chi connectivity index (χ1n) is 7.63. The molecule has 2 aromatic heterocycles. The minimum Gasteiger partial charge on any atom is -0.336 e. The van der Waals surface area contributed by atoms with Crippen molar-refractivity contribution in [3.05, 3.63) is 39.9 Å². The van der Waals surface area contributed by atoms with Gasteiger partial charge in [-0.1, -0.05) is 6.07 Å². The van der Waals surface area contributed by atoms with E-state index in [2.05, 4.69) is 9.62 Å². The van der Waals surface area contributed by atoms with Gasteiger partial charge in [0.1, 0.15) is 4.21 Å². The van der Waals surface area contributed by atoms with E-state index in [9.17, 15) is 13.2 Å².